The summed E-state index contributed by atoms with van der Waals surface area (Å²) in [6.45, 7) is 3.82. The fraction of sp³-hybridized carbons (Fsp3) is 0.273. The average molecular weight is 203 g/mol. The van der Waals surface area contributed by atoms with Crippen molar-refractivity contribution in [1.82, 2.24) is 10.3 Å². The number of hydrogen-bond acceptors (Lipinski definition) is 3. The van der Waals surface area contributed by atoms with Crippen molar-refractivity contribution in [1.29, 1.82) is 0 Å². The third kappa shape index (κ3) is 2.99. The summed E-state index contributed by atoms with van der Waals surface area (Å²) in [6, 6.07) is 1.61. The van der Waals surface area contributed by atoms with Crippen LogP contribution in [0.4, 0.5) is 5.69 Å². The summed E-state index contributed by atoms with van der Waals surface area (Å²) in [7, 11) is 0. The van der Waals surface area contributed by atoms with E-state index >= 15 is 0 Å². The zero-order valence-corrected chi connectivity index (χ0v) is 8.79. The first kappa shape index (κ1) is 11.1. The first-order valence-corrected chi connectivity index (χ1v) is 4.55. The molecule has 0 spiro atoms. The van der Waals surface area contributed by atoms with Crippen molar-refractivity contribution in [3.05, 3.63) is 23.5 Å². The molecule has 1 amide bonds. The molecule has 3 N–H and O–H groups in total. The van der Waals surface area contributed by atoms with E-state index in [1.807, 2.05) is 0 Å². The lowest BCUT2D eigenvalue weighted by atomic mass is 10.2. The van der Waals surface area contributed by atoms with Gasteiger partial charge in [-0.05, 0) is 19.9 Å². The lowest BCUT2D eigenvalue weighted by molar-refractivity contribution is 0.0957. The summed E-state index contributed by atoms with van der Waals surface area (Å²) in [6.07, 6.45) is 1.53. The summed E-state index contributed by atoms with van der Waals surface area (Å²) < 4.78 is 0. The highest BCUT2D eigenvalue weighted by Gasteiger charge is 2.08. The van der Waals surface area contributed by atoms with Gasteiger partial charge in [-0.1, -0.05) is 5.92 Å². The number of amides is 1. The van der Waals surface area contributed by atoms with E-state index in [1.165, 1.54) is 6.20 Å². The summed E-state index contributed by atoms with van der Waals surface area (Å²) in [5.41, 5.74) is 7.18. The maximum Gasteiger partial charge on any atom is 0.253 e. The normalized spacial score (nSPS) is 8.93. The molecule has 0 aliphatic rings. The van der Waals surface area contributed by atoms with Crippen LogP contribution < -0.4 is 11.1 Å². The highest BCUT2D eigenvalue weighted by Crippen LogP contribution is 2.08. The SMILES string of the molecule is CC#CCNC(=O)c1cc(N)cnc1C. The van der Waals surface area contributed by atoms with Gasteiger partial charge in [0, 0.05) is 0 Å². The first-order valence-electron chi connectivity index (χ1n) is 4.55. The van der Waals surface area contributed by atoms with Crippen molar-refractivity contribution in [3.8, 4) is 11.8 Å². The molecular weight excluding hydrogens is 190 g/mol. The molecule has 0 unspecified atom stereocenters. The Morgan fingerprint density at radius 3 is 3.07 bits per heavy atom. The van der Waals surface area contributed by atoms with Gasteiger partial charge in [0.15, 0.2) is 0 Å². The van der Waals surface area contributed by atoms with Gasteiger partial charge in [-0.15, -0.1) is 5.92 Å². The standard InChI is InChI=1S/C11H13N3O/c1-3-4-5-13-11(15)10-6-9(12)7-14-8(10)2/h6-7H,5,12H2,1-2H3,(H,13,15). The number of nitrogens with two attached hydrogens (primary N) is 1. The van der Waals surface area contributed by atoms with Crippen LogP contribution in [0.3, 0.4) is 0 Å². The molecule has 0 saturated carbocycles. The maximum absolute atomic E-state index is 11.6. The van der Waals surface area contributed by atoms with Crippen LogP contribution in [-0.4, -0.2) is 17.4 Å². The Hall–Kier alpha value is -2.02. The zero-order valence-electron chi connectivity index (χ0n) is 8.79. The van der Waals surface area contributed by atoms with E-state index in [0.29, 0.717) is 23.5 Å². The van der Waals surface area contributed by atoms with Crippen LogP contribution in [-0.2, 0) is 0 Å². The van der Waals surface area contributed by atoms with Crippen LogP contribution in [0.25, 0.3) is 0 Å². The second-order valence-corrected chi connectivity index (χ2v) is 3.01. The van der Waals surface area contributed by atoms with Gasteiger partial charge < -0.3 is 11.1 Å². The number of rotatable bonds is 2. The number of nitrogen functional groups attached to an aromatic ring is 1. The molecule has 0 aliphatic heterocycles. The number of hydrogen-bond donors (Lipinski definition) is 2. The molecule has 0 bridgehead atoms. The van der Waals surface area contributed by atoms with Gasteiger partial charge in [0.1, 0.15) is 0 Å². The van der Waals surface area contributed by atoms with Gasteiger partial charge in [-0.25, -0.2) is 0 Å². The number of aryl methyl sites for hydroxylation is 1. The summed E-state index contributed by atoms with van der Waals surface area (Å²) in [5, 5.41) is 2.66. The second kappa shape index (κ2) is 5.01. The van der Waals surface area contributed by atoms with Crippen molar-refractivity contribution < 1.29 is 4.79 Å². The number of anilines is 1. The second-order valence-electron chi connectivity index (χ2n) is 3.01. The molecule has 15 heavy (non-hydrogen) atoms. The van der Waals surface area contributed by atoms with Crippen LogP contribution in [0.5, 0.6) is 0 Å². The van der Waals surface area contributed by atoms with E-state index in [9.17, 15) is 4.79 Å². The molecule has 0 fully saturated rings. The summed E-state index contributed by atoms with van der Waals surface area (Å²) in [4.78, 5) is 15.6. The van der Waals surface area contributed by atoms with Gasteiger partial charge in [0.2, 0.25) is 0 Å². The minimum atomic E-state index is -0.199. The van der Waals surface area contributed by atoms with E-state index in [0.717, 1.165) is 0 Å². The van der Waals surface area contributed by atoms with Gasteiger partial charge in [0.05, 0.1) is 29.7 Å². The number of aromatic nitrogens is 1. The molecule has 1 rings (SSSR count). The fourth-order valence-corrected chi connectivity index (χ4v) is 1.09. The monoisotopic (exact) mass is 203 g/mol. The molecule has 4 nitrogen and oxygen atoms in total. The van der Waals surface area contributed by atoms with Crippen molar-refractivity contribution in [2.75, 3.05) is 12.3 Å². The lowest BCUT2D eigenvalue weighted by Gasteiger charge is -2.05. The Balaban J connectivity index is 2.80. The maximum atomic E-state index is 11.6. The Morgan fingerprint density at radius 2 is 2.40 bits per heavy atom. The Labute approximate surface area is 88.9 Å². The van der Waals surface area contributed by atoms with E-state index in [4.69, 9.17) is 5.73 Å². The number of nitrogens with one attached hydrogen (secondary N) is 1. The topological polar surface area (TPSA) is 68.0 Å². The summed E-state index contributed by atoms with van der Waals surface area (Å²) >= 11 is 0. The van der Waals surface area contributed by atoms with E-state index < -0.39 is 0 Å². The smallest absolute Gasteiger partial charge is 0.253 e. The minimum Gasteiger partial charge on any atom is -0.397 e. The zero-order chi connectivity index (χ0) is 11.3. The molecule has 1 heterocycles. The molecule has 0 aromatic carbocycles. The average Bonchev–Trinajstić information content (AvgIpc) is 2.22. The van der Waals surface area contributed by atoms with Gasteiger partial charge in [-0.3, -0.25) is 9.78 Å². The predicted octanol–water partition coefficient (Wildman–Crippen LogP) is 0.725. The molecule has 78 valence electrons. The van der Waals surface area contributed by atoms with Gasteiger partial charge in [0.25, 0.3) is 5.91 Å². The molecule has 0 aliphatic carbocycles. The predicted molar refractivity (Wildman–Crippen MR) is 59.2 cm³/mol. The molecule has 0 atom stereocenters. The van der Waals surface area contributed by atoms with Crippen molar-refractivity contribution in [2.45, 2.75) is 13.8 Å². The Morgan fingerprint density at radius 1 is 1.67 bits per heavy atom. The van der Waals surface area contributed by atoms with Crippen LogP contribution in [0.2, 0.25) is 0 Å². The number of nitrogens with zero attached hydrogens (tertiary/aromatic N) is 1. The van der Waals surface area contributed by atoms with Crippen molar-refractivity contribution in [2.24, 2.45) is 0 Å². The fourth-order valence-electron chi connectivity index (χ4n) is 1.09. The van der Waals surface area contributed by atoms with Crippen LogP contribution in [0.15, 0.2) is 12.3 Å². The van der Waals surface area contributed by atoms with Crippen molar-refractivity contribution >= 4 is 11.6 Å². The quantitative estimate of drug-likeness (QED) is 0.696. The third-order valence-corrected chi connectivity index (χ3v) is 1.87. The van der Waals surface area contributed by atoms with Crippen LogP contribution >= 0.6 is 0 Å². The number of pyridine rings is 1. The number of carbonyl (C=O) groups is 1. The lowest BCUT2D eigenvalue weighted by Crippen LogP contribution is -2.24. The Kier molecular flexibility index (Phi) is 3.69. The molecular formula is C11H13N3O. The van der Waals surface area contributed by atoms with E-state index in [1.54, 1.807) is 19.9 Å². The highest BCUT2D eigenvalue weighted by atomic mass is 16.1. The third-order valence-electron chi connectivity index (χ3n) is 1.87. The van der Waals surface area contributed by atoms with Crippen LogP contribution in [0.1, 0.15) is 23.0 Å². The largest absolute Gasteiger partial charge is 0.397 e. The first-order chi connectivity index (χ1) is 7.15. The molecule has 4 heteroatoms. The molecule has 0 saturated heterocycles. The van der Waals surface area contributed by atoms with E-state index in [2.05, 4.69) is 22.1 Å². The molecule has 1 aromatic rings. The summed E-state index contributed by atoms with van der Waals surface area (Å²) in [5.74, 6) is 5.25. The van der Waals surface area contributed by atoms with Crippen LogP contribution in [0, 0.1) is 18.8 Å². The highest BCUT2D eigenvalue weighted by molar-refractivity contribution is 5.96. The minimum absolute atomic E-state index is 0.199. The molecule has 0 radical (unpaired) electrons. The Bertz CT molecular complexity index is 429. The van der Waals surface area contributed by atoms with Gasteiger partial charge in [-0.2, -0.15) is 0 Å². The van der Waals surface area contributed by atoms with Crippen molar-refractivity contribution in [3.63, 3.8) is 0 Å². The number of carbonyl (C=O) groups excluding carboxylic acids is 1. The van der Waals surface area contributed by atoms with E-state index in [-0.39, 0.29) is 5.91 Å². The molecule has 1 aromatic heterocycles. The van der Waals surface area contributed by atoms with Gasteiger partial charge >= 0.3 is 0 Å².